The van der Waals surface area contributed by atoms with Crippen LogP contribution in [-0.2, 0) is 16.0 Å². The number of carbonyl (C=O) groups is 4. The highest BCUT2D eigenvalue weighted by Crippen LogP contribution is 2.20. The SMILES string of the molecule is O=C(CCN1C(=O)Cc2ccccc2C1=O)N1CCN(C(=O)c2cccs2)CC1. The highest BCUT2D eigenvalue weighted by molar-refractivity contribution is 7.12. The smallest absolute Gasteiger partial charge is 0.264 e. The Balaban J connectivity index is 1.30. The number of thiophene rings is 1. The van der Waals surface area contributed by atoms with Crippen molar-refractivity contribution in [1.82, 2.24) is 14.7 Å². The summed E-state index contributed by atoms with van der Waals surface area (Å²) in [5.74, 6) is -0.716. The molecule has 0 bridgehead atoms. The summed E-state index contributed by atoms with van der Waals surface area (Å²) in [6.07, 6.45) is 0.276. The van der Waals surface area contributed by atoms with Crippen LogP contribution in [0.1, 0.15) is 32.0 Å². The van der Waals surface area contributed by atoms with Crippen LogP contribution in [0.25, 0.3) is 0 Å². The molecule has 1 aromatic heterocycles. The van der Waals surface area contributed by atoms with Crippen LogP contribution < -0.4 is 0 Å². The van der Waals surface area contributed by atoms with E-state index in [4.69, 9.17) is 0 Å². The van der Waals surface area contributed by atoms with Gasteiger partial charge in [0.05, 0.1) is 11.3 Å². The van der Waals surface area contributed by atoms with Gasteiger partial charge in [0.15, 0.2) is 0 Å². The van der Waals surface area contributed by atoms with Gasteiger partial charge < -0.3 is 9.80 Å². The number of nitrogens with zero attached hydrogens (tertiary/aromatic N) is 3. The monoisotopic (exact) mass is 411 g/mol. The lowest BCUT2D eigenvalue weighted by atomic mass is 9.98. The number of hydrogen-bond donors (Lipinski definition) is 0. The van der Waals surface area contributed by atoms with E-state index < -0.39 is 0 Å². The van der Waals surface area contributed by atoms with Crippen LogP contribution >= 0.6 is 11.3 Å². The molecule has 0 radical (unpaired) electrons. The lowest BCUT2D eigenvalue weighted by molar-refractivity contribution is -0.134. The molecule has 3 heterocycles. The molecule has 0 spiro atoms. The second kappa shape index (κ2) is 8.16. The Kier molecular flexibility index (Phi) is 5.44. The molecule has 150 valence electrons. The largest absolute Gasteiger partial charge is 0.339 e. The van der Waals surface area contributed by atoms with E-state index in [1.165, 1.54) is 16.2 Å². The number of carbonyl (C=O) groups excluding carboxylic acids is 4. The minimum Gasteiger partial charge on any atom is -0.339 e. The maximum Gasteiger partial charge on any atom is 0.264 e. The van der Waals surface area contributed by atoms with Crippen molar-refractivity contribution >= 4 is 35.0 Å². The van der Waals surface area contributed by atoms with Crippen molar-refractivity contribution in [2.45, 2.75) is 12.8 Å². The summed E-state index contributed by atoms with van der Waals surface area (Å²) in [6.45, 7) is 1.97. The standard InChI is InChI=1S/C21H21N3O4S/c25-18(22-9-11-23(12-10-22)21(28)17-6-3-13-29-17)7-8-24-19(26)14-15-4-1-2-5-16(15)20(24)27/h1-6,13H,7-12,14H2. The molecule has 2 aliphatic rings. The fourth-order valence-corrected chi connectivity index (χ4v) is 4.40. The maximum absolute atomic E-state index is 12.6. The number of benzene rings is 1. The summed E-state index contributed by atoms with van der Waals surface area (Å²) in [4.78, 5) is 55.2. The number of imide groups is 1. The van der Waals surface area contributed by atoms with Crippen molar-refractivity contribution in [1.29, 1.82) is 0 Å². The first kappa shape index (κ1) is 19.3. The molecule has 0 unspecified atom stereocenters. The zero-order valence-electron chi connectivity index (χ0n) is 15.9. The van der Waals surface area contributed by atoms with Crippen molar-refractivity contribution in [3.63, 3.8) is 0 Å². The Morgan fingerprint density at radius 2 is 1.66 bits per heavy atom. The first-order chi connectivity index (χ1) is 14.0. The summed E-state index contributed by atoms with van der Waals surface area (Å²) < 4.78 is 0. The predicted molar refractivity (Wildman–Crippen MR) is 108 cm³/mol. The van der Waals surface area contributed by atoms with Gasteiger partial charge in [-0.15, -0.1) is 11.3 Å². The third-order valence-corrected chi connectivity index (χ3v) is 6.19. The van der Waals surface area contributed by atoms with Gasteiger partial charge in [-0.25, -0.2) is 0 Å². The van der Waals surface area contributed by atoms with Gasteiger partial charge in [0.25, 0.3) is 11.8 Å². The first-order valence-electron chi connectivity index (χ1n) is 9.58. The van der Waals surface area contributed by atoms with Crippen LogP contribution in [0.5, 0.6) is 0 Å². The Bertz CT molecular complexity index is 949. The maximum atomic E-state index is 12.6. The molecule has 0 aliphatic carbocycles. The molecule has 1 saturated heterocycles. The molecule has 4 amide bonds. The molecule has 0 atom stereocenters. The van der Waals surface area contributed by atoms with Gasteiger partial charge in [0, 0.05) is 44.7 Å². The molecule has 1 aromatic carbocycles. The Morgan fingerprint density at radius 3 is 2.38 bits per heavy atom. The van der Waals surface area contributed by atoms with E-state index in [0.717, 1.165) is 5.56 Å². The van der Waals surface area contributed by atoms with E-state index in [1.807, 2.05) is 11.4 Å². The number of amides is 4. The zero-order valence-corrected chi connectivity index (χ0v) is 16.7. The molecular weight excluding hydrogens is 390 g/mol. The van der Waals surface area contributed by atoms with E-state index in [2.05, 4.69) is 0 Å². The molecule has 4 rings (SSSR count). The lowest BCUT2D eigenvalue weighted by Crippen LogP contribution is -2.51. The lowest BCUT2D eigenvalue weighted by Gasteiger charge is -2.35. The van der Waals surface area contributed by atoms with Crippen LogP contribution in [0.2, 0.25) is 0 Å². The molecule has 2 aromatic rings. The van der Waals surface area contributed by atoms with E-state index in [0.29, 0.717) is 36.6 Å². The number of piperazine rings is 1. The summed E-state index contributed by atoms with van der Waals surface area (Å²) in [6, 6.07) is 10.7. The van der Waals surface area contributed by atoms with E-state index in [1.54, 1.807) is 40.1 Å². The van der Waals surface area contributed by atoms with Crippen LogP contribution in [0.4, 0.5) is 0 Å². The molecule has 1 fully saturated rings. The molecule has 29 heavy (non-hydrogen) atoms. The van der Waals surface area contributed by atoms with Crippen LogP contribution in [-0.4, -0.2) is 71.1 Å². The van der Waals surface area contributed by atoms with Crippen molar-refractivity contribution in [3.05, 3.63) is 57.8 Å². The Hall–Kier alpha value is -3.00. The fourth-order valence-electron chi connectivity index (χ4n) is 3.71. The summed E-state index contributed by atoms with van der Waals surface area (Å²) >= 11 is 1.41. The van der Waals surface area contributed by atoms with Crippen molar-refractivity contribution < 1.29 is 19.2 Å². The molecule has 0 saturated carbocycles. The Morgan fingerprint density at radius 1 is 0.931 bits per heavy atom. The van der Waals surface area contributed by atoms with Crippen molar-refractivity contribution in [3.8, 4) is 0 Å². The second-order valence-corrected chi connectivity index (χ2v) is 8.03. The third-order valence-electron chi connectivity index (χ3n) is 5.34. The highest BCUT2D eigenvalue weighted by Gasteiger charge is 2.32. The van der Waals surface area contributed by atoms with Gasteiger partial charge >= 0.3 is 0 Å². The number of fused-ring (bicyclic) bond motifs is 1. The van der Waals surface area contributed by atoms with Crippen LogP contribution in [0.15, 0.2) is 41.8 Å². The number of hydrogen-bond acceptors (Lipinski definition) is 5. The predicted octanol–water partition coefficient (Wildman–Crippen LogP) is 1.65. The van der Waals surface area contributed by atoms with Crippen LogP contribution in [0.3, 0.4) is 0 Å². The second-order valence-electron chi connectivity index (χ2n) is 7.08. The van der Waals surface area contributed by atoms with Crippen molar-refractivity contribution in [2.24, 2.45) is 0 Å². The van der Waals surface area contributed by atoms with Gasteiger partial charge in [-0.1, -0.05) is 24.3 Å². The third kappa shape index (κ3) is 3.93. The van der Waals surface area contributed by atoms with Gasteiger partial charge in [-0.2, -0.15) is 0 Å². The minimum absolute atomic E-state index is 0.00438. The topological polar surface area (TPSA) is 78.0 Å². The first-order valence-corrected chi connectivity index (χ1v) is 10.5. The number of rotatable bonds is 4. The summed E-state index contributed by atoms with van der Waals surface area (Å²) in [7, 11) is 0. The Labute approximate surface area is 172 Å². The van der Waals surface area contributed by atoms with Gasteiger partial charge in [-0.3, -0.25) is 24.1 Å². The van der Waals surface area contributed by atoms with E-state index in [9.17, 15) is 19.2 Å². The van der Waals surface area contributed by atoms with Crippen LogP contribution in [0, 0.1) is 0 Å². The van der Waals surface area contributed by atoms with Gasteiger partial charge in [0.2, 0.25) is 11.8 Å². The zero-order chi connectivity index (χ0) is 20.4. The van der Waals surface area contributed by atoms with Crippen molar-refractivity contribution in [2.75, 3.05) is 32.7 Å². The molecule has 0 N–H and O–H groups in total. The van der Waals surface area contributed by atoms with E-state index in [-0.39, 0.29) is 43.0 Å². The normalized spacial score (nSPS) is 16.8. The fraction of sp³-hybridized carbons (Fsp3) is 0.333. The quantitative estimate of drug-likeness (QED) is 0.717. The minimum atomic E-state index is -0.337. The van der Waals surface area contributed by atoms with Gasteiger partial charge in [-0.05, 0) is 23.1 Å². The molecular formula is C21H21N3O4S. The summed E-state index contributed by atoms with van der Waals surface area (Å²) in [5, 5.41) is 1.87. The average Bonchev–Trinajstić information content (AvgIpc) is 3.28. The average molecular weight is 411 g/mol. The molecule has 8 heteroatoms. The van der Waals surface area contributed by atoms with Gasteiger partial charge in [0.1, 0.15) is 0 Å². The van der Waals surface area contributed by atoms with E-state index >= 15 is 0 Å². The molecule has 7 nitrogen and oxygen atoms in total. The molecule has 2 aliphatic heterocycles. The summed E-state index contributed by atoms with van der Waals surface area (Å²) in [5.41, 5.74) is 1.26. The highest BCUT2D eigenvalue weighted by atomic mass is 32.1.